The third-order valence-corrected chi connectivity index (χ3v) is 2.63. The lowest BCUT2D eigenvalue weighted by atomic mass is 10.1. The molecule has 0 aliphatic heterocycles. The van der Waals surface area contributed by atoms with E-state index < -0.39 is 36.0 Å². The monoisotopic (exact) mass is 287 g/mol. The molecule has 110 valence electrons. The Morgan fingerprint density at radius 2 is 2.10 bits per heavy atom. The van der Waals surface area contributed by atoms with E-state index in [9.17, 15) is 18.4 Å². The number of carbonyl (C=O) groups excluding carboxylic acids is 1. The molecule has 0 radical (unpaired) electrons. The van der Waals surface area contributed by atoms with Gasteiger partial charge in [0.05, 0.1) is 6.42 Å². The summed E-state index contributed by atoms with van der Waals surface area (Å²) in [5.74, 6) is -4.07. The van der Waals surface area contributed by atoms with Gasteiger partial charge in [-0.15, -0.1) is 0 Å². The molecule has 0 heterocycles. The predicted molar refractivity (Wildman–Crippen MR) is 66.1 cm³/mol. The number of amides is 1. The van der Waals surface area contributed by atoms with Gasteiger partial charge < -0.3 is 15.2 Å². The van der Waals surface area contributed by atoms with Crippen LogP contribution in [-0.4, -0.2) is 36.7 Å². The lowest BCUT2D eigenvalue weighted by Gasteiger charge is -2.14. The van der Waals surface area contributed by atoms with E-state index in [0.717, 1.165) is 6.07 Å². The van der Waals surface area contributed by atoms with E-state index in [1.165, 1.54) is 19.2 Å². The number of ether oxygens (including phenoxy) is 1. The van der Waals surface area contributed by atoms with E-state index in [4.69, 9.17) is 9.84 Å². The van der Waals surface area contributed by atoms with Crippen molar-refractivity contribution in [2.24, 2.45) is 0 Å². The first-order valence-corrected chi connectivity index (χ1v) is 5.89. The first-order valence-electron chi connectivity index (χ1n) is 5.89. The van der Waals surface area contributed by atoms with Crippen molar-refractivity contribution in [3.8, 4) is 0 Å². The summed E-state index contributed by atoms with van der Waals surface area (Å²) in [4.78, 5) is 22.6. The van der Waals surface area contributed by atoms with Gasteiger partial charge in [-0.25, -0.2) is 13.6 Å². The van der Waals surface area contributed by atoms with Crippen molar-refractivity contribution in [3.05, 3.63) is 35.4 Å². The van der Waals surface area contributed by atoms with Crippen molar-refractivity contribution in [2.75, 3.05) is 13.7 Å². The minimum atomic E-state index is -1.21. The van der Waals surface area contributed by atoms with Crippen LogP contribution < -0.4 is 5.32 Å². The number of hydrogen-bond acceptors (Lipinski definition) is 3. The van der Waals surface area contributed by atoms with Crippen LogP contribution in [-0.2, 0) is 20.7 Å². The lowest BCUT2D eigenvalue weighted by molar-refractivity contribution is -0.142. The zero-order valence-electron chi connectivity index (χ0n) is 10.9. The molecule has 1 atom stereocenters. The fourth-order valence-electron chi connectivity index (χ4n) is 1.60. The van der Waals surface area contributed by atoms with E-state index in [0.29, 0.717) is 0 Å². The zero-order valence-corrected chi connectivity index (χ0v) is 10.9. The molecule has 1 aromatic rings. The van der Waals surface area contributed by atoms with Crippen LogP contribution in [0.2, 0.25) is 0 Å². The minimum Gasteiger partial charge on any atom is -0.480 e. The number of hydrogen-bond donors (Lipinski definition) is 2. The van der Waals surface area contributed by atoms with E-state index in [1.807, 2.05) is 0 Å². The van der Waals surface area contributed by atoms with Gasteiger partial charge in [-0.2, -0.15) is 0 Å². The summed E-state index contributed by atoms with van der Waals surface area (Å²) in [6.45, 7) is 0.158. The summed E-state index contributed by atoms with van der Waals surface area (Å²) in [7, 11) is 1.41. The van der Waals surface area contributed by atoms with Crippen molar-refractivity contribution in [2.45, 2.75) is 18.9 Å². The topological polar surface area (TPSA) is 75.6 Å². The molecule has 1 amide bonds. The van der Waals surface area contributed by atoms with Gasteiger partial charge in [0.1, 0.15) is 6.04 Å². The molecular formula is C13H15F2NO4. The molecule has 0 aliphatic rings. The maximum absolute atomic E-state index is 13.4. The summed E-state index contributed by atoms with van der Waals surface area (Å²) < 4.78 is 31.1. The Balaban J connectivity index is 2.66. The Labute approximate surface area is 114 Å². The highest BCUT2D eigenvalue weighted by Gasteiger charge is 2.20. The standard InChI is InChI=1S/C13H15F2NO4/c1-20-6-5-10(13(18)19)16-11(17)7-8-3-2-4-9(14)12(8)15/h2-4,10H,5-7H2,1H3,(H,16,17)(H,18,19). The van der Waals surface area contributed by atoms with Crippen LogP contribution in [0.25, 0.3) is 0 Å². The van der Waals surface area contributed by atoms with Crippen molar-refractivity contribution < 1.29 is 28.2 Å². The molecule has 7 heteroatoms. The fraction of sp³-hybridized carbons (Fsp3) is 0.385. The van der Waals surface area contributed by atoms with Gasteiger partial charge in [0, 0.05) is 25.7 Å². The maximum Gasteiger partial charge on any atom is 0.326 e. The smallest absolute Gasteiger partial charge is 0.326 e. The quantitative estimate of drug-likeness (QED) is 0.788. The highest BCUT2D eigenvalue weighted by Crippen LogP contribution is 2.12. The maximum atomic E-state index is 13.4. The highest BCUT2D eigenvalue weighted by atomic mass is 19.2. The first kappa shape index (κ1) is 16.0. The number of nitrogens with one attached hydrogen (secondary N) is 1. The van der Waals surface area contributed by atoms with Crippen molar-refractivity contribution in [1.29, 1.82) is 0 Å². The predicted octanol–water partition coefficient (Wildman–Crippen LogP) is 1.11. The van der Waals surface area contributed by atoms with Crippen LogP contribution in [0.3, 0.4) is 0 Å². The van der Waals surface area contributed by atoms with Crippen molar-refractivity contribution in [1.82, 2.24) is 5.32 Å². The first-order chi connectivity index (χ1) is 9.45. The molecule has 0 spiro atoms. The Bertz CT molecular complexity index is 493. The molecule has 0 aliphatic carbocycles. The largest absolute Gasteiger partial charge is 0.480 e. The van der Waals surface area contributed by atoms with Gasteiger partial charge >= 0.3 is 5.97 Å². The molecular weight excluding hydrogens is 272 g/mol. The number of methoxy groups -OCH3 is 1. The Morgan fingerprint density at radius 3 is 2.70 bits per heavy atom. The summed E-state index contributed by atoms with van der Waals surface area (Å²) in [6.07, 6.45) is -0.344. The van der Waals surface area contributed by atoms with Crippen LogP contribution >= 0.6 is 0 Å². The van der Waals surface area contributed by atoms with Crippen molar-refractivity contribution >= 4 is 11.9 Å². The van der Waals surface area contributed by atoms with Gasteiger partial charge in [-0.05, 0) is 6.07 Å². The molecule has 0 bridgehead atoms. The number of carboxylic acid groups (broad SMARTS) is 1. The number of carbonyl (C=O) groups is 2. The molecule has 1 unspecified atom stereocenters. The molecule has 2 N–H and O–H groups in total. The second-order valence-electron chi connectivity index (χ2n) is 4.13. The van der Waals surface area contributed by atoms with E-state index >= 15 is 0 Å². The number of aliphatic carboxylic acids is 1. The Morgan fingerprint density at radius 1 is 1.40 bits per heavy atom. The average molecular weight is 287 g/mol. The molecule has 0 fully saturated rings. The van der Waals surface area contributed by atoms with E-state index in [2.05, 4.69) is 5.32 Å². The van der Waals surface area contributed by atoms with Crippen LogP contribution in [0.1, 0.15) is 12.0 Å². The average Bonchev–Trinajstić information content (AvgIpc) is 2.39. The molecule has 0 saturated carbocycles. The van der Waals surface area contributed by atoms with Gasteiger partial charge in [0.2, 0.25) is 5.91 Å². The van der Waals surface area contributed by atoms with Crippen LogP contribution in [0.4, 0.5) is 8.78 Å². The van der Waals surface area contributed by atoms with Crippen LogP contribution in [0.15, 0.2) is 18.2 Å². The summed E-state index contributed by atoms with van der Waals surface area (Å²) in [5, 5.41) is 11.1. The third kappa shape index (κ3) is 4.58. The van der Waals surface area contributed by atoms with Gasteiger partial charge in [0.15, 0.2) is 11.6 Å². The summed E-state index contributed by atoms with van der Waals surface area (Å²) >= 11 is 0. The van der Waals surface area contributed by atoms with Gasteiger partial charge in [0.25, 0.3) is 0 Å². The molecule has 1 aromatic carbocycles. The Kier molecular flexibility index (Phi) is 6.05. The molecule has 0 saturated heterocycles. The van der Waals surface area contributed by atoms with Gasteiger partial charge in [-0.3, -0.25) is 4.79 Å². The highest BCUT2D eigenvalue weighted by molar-refractivity contribution is 5.84. The SMILES string of the molecule is COCCC(NC(=O)Cc1cccc(F)c1F)C(=O)O. The zero-order chi connectivity index (χ0) is 15.1. The summed E-state index contributed by atoms with van der Waals surface area (Å²) in [5.41, 5.74) is -0.126. The molecule has 0 aromatic heterocycles. The van der Waals surface area contributed by atoms with Crippen LogP contribution in [0.5, 0.6) is 0 Å². The second kappa shape index (κ2) is 7.54. The van der Waals surface area contributed by atoms with E-state index in [1.54, 1.807) is 0 Å². The number of halogens is 2. The fourth-order valence-corrected chi connectivity index (χ4v) is 1.60. The molecule has 20 heavy (non-hydrogen) atoms. The Hall–Kier alpha value is -2.02. The number of benzene rings is 1. The number of rotatable bonds is 7. The van der Waals surface area contributed by atoms with E-state index in [-0.39, 0.29) is 18.6 Å². The number of carboxylic acids is 1. The van der Waals surface area contributed by atoms with Crippen molar-refractivity contribution in [3.63, 3.8) is 0 Å². The summed E-state index contributed by atoms with van der Waals surface area (Å²) in [6, 6.07) is 2.36. The lowest BCUT2D eigenvalue weighted by Crippen LogP contribution is -2.42. The minimum absolute atomic E-state index is 0.0865. The normalized spacial score (nSPS) is 11.9. The molecule has 5 nitrogen and oxygen atoms in total. The third-order valence-electron chi connectivity index (χ3n) is 2.63. The molecule has 1 rings (SSSR count). The second-order valence-corrected chi connectivity index (χ2v) is 4.13. The van der Waals surface area contributed by atoms with Crippen LogP contribution in [0, 0.1) is 11.6 Å². The van der Waals surface area contributed by atoms with Gasteiger partial charge in [-0.1, -0.05) is 12.1 Å².